The third kappa shape index (κ3) is 3.79. The van der Waals surface area contributed by atoms with Crippen molar-refractivity contribution in [2.45, 2.75) is 11.0 Å². The highest BCUT2D eigenvalue weighted by atomic mass is 79.9. The predicted octanol–water partition coefficient (Wildman–Crippen LogP) is 1.59. The second-order valence-corrected chi connectivity index (χ2v) is 5.01. The Balaban J connectivity index is 2.72. The molecule has 1 aromatic carbocycles. The van der Waals surface area contributed by atoms with Gasteiger partial charge in [-0.25, -0.2) is 4.79 Å². The summed E-state index contributed by atoms with van der Waals surface area (Å²) in [6.07, 6.45) is -0.768. The summed E-state index contributed by atoms with van der Waals surface area (Å²) in [5, 5.41) is 26.6. The van der Waals surface area contributed by atoms with Gasteiger partial charge in [0.05, 0.1) is 18.3 Å². The average molecular weight is 307 g/mol. The summed E-state index contributed by atoms with van der Waals surface area (Å²) >= 11 is 4.61. The van der Waals surface area contributed by atoms with E-state index in [-0.39, 0.29) is 12.2 Å². The van der Waals surface area contributed by atoms with Crippen molar-refractivity contribution in [3.05, 3.63) is 28.2 Å². The molecule has 0 aliphatic carbocycles. The Bertz CT molecular complexity index is 383. The van der Waals surface area contributed by atoms with Gasteiger partial charge in [0.25, 0.3) is 0 Å². The maximum Gasteiger partial charge on any atom is 0.335 e. The van der Waals surface area contributed by atoms with Gasteiger partial charge in [0.15, 0.2) is 0 Å². The van der Waals surface area contributed by atoms with Crippen LogP contribution >= 0.6 is 27.7 Å². The summed E-state index contributed by atoms with van der Waals surface area (Å²) in [7, 11) is 0. The minimum atomic E-state index is -0.979. The van der Waals surface area contributed by atoms with Crippen LogP contribution in [0.15, 0.2) is 27.6 Å². The highest BCUT2D eigenvalue weighted by Crippen LogP contribution is 2.28. The topological polar surface area (TPSA) is 77.8 Å². The Labute approximate surface area is 105 Å². The molecule has 0 aliphatic heterocycles. The molecule has 0 saturated heterocycles. The van der Waals surface area contributed by atoms with Gasteiger partial charge in [-0.1, -0.05) is 0 Å². The number of hydrogen-bond donors (Lipinski definition) is 3. The van der Waals surface area contributed by atoms with Gasteiger partial charge >= 0.3 is 5.97 Å². The quantitative estimate of drug-likeness (QED) is 0.720. The first-order valence-corrected chi connectivity index (χ1v) is 6.27. The fourth-order valence-electron chi connectivity index (χ4n) is 0.990. The lowest BCUT2D eigenvalue weighted by atomic mass is 10.2. The van der Waals surface area contributed by atoms with Crippen molar-refractivity contribution in [2.75, 3.05) is 12.4 Å². The van der Waals surface area contributed by atoms with Crippen LogP contribution in [-0.2, 0) is 0 Å². The van der Waals surface area contributed by atoms with E-state index in [9.17, 15) is 9.90 Å². The molecule has 3 N–H and O–H groups in total. The number of carboxylic acid groups (broad SMARTS) is 1. The molecule has 0 aromatic heterocycles. The molecular formula is C10H11BrO4S. The summed E-state index contributed by atoms with van der Waals surface area (Å²) in [4.78, 5) is 11.5. The van der Waals surface area contributed by atoms with Crippen molar-refractivity contribution in [2.24, 2.45) is 0 Å². The number of aliphatic hydroxyl groups is 2. The fraction of sp³-hybridized carbons (Fsp3) is 0.300. The smallest absolute Gasteiger partial charge is 0.335 e. The van der Waals surface area contributed by atoms with Crippen LogP contribution in [0.5, 0.6) is 0 Å². The molecule has 1 aromatic rings. The molecule has 1 rings (SSSR count). The first-order valence-electron chi connectivity index (χ1n) is 4.49. The lowest BCUT2D eigenvalue weighted by molar-refractivity contribution is 0.0696. The normalized spacial score (nSPS) is 12.4. The highest BCUT2D eigenvalue weighted by molar-refractivity contribution is 9.10. The van der Waals surface area contributed by atoms with Crippen LogP contribution in [0.3, 0.4) is 0 Å². The molecule has 88 valence electrons. The summed E-state index contributed by atoms with van der Waals surface area (Å²) < 4.78 is 0.669. The fourth-order valence-corrected chi connectivity index (χ4v) is 2.55. The molecule has 6 heteroatoms. The highest BCUT2D eigenvalue weighted by Gasteiger charge is 2.09. The number of halogens is 1. The Morgan fingerprint density at radius 1 is 1.50 bits per heavy atom. The number of aromatic carboxylic acids is 1. The Morgan fingerprint density at radius 3 is 2.69 bits per heavy atom. The maximum atomic E-state index is 10.7. The van der Waals surface area contributed by atoms with Crippen LogP contribution in [0.1, 0.15) is 10.4 Å². The Hall–Kier alpha value is -0.560. The van der Waals surface area contributed by atoms with E-state index in [4.69, 9.17) is 10.2 Å². The molecule has 0 aliphatic rings. The molecular weight excluding hydrogens is 296 g/mol. The molecule has 1 atom stereocenters. The second kappa shape index (κ2) is 6.24. The van der Waals surface area contributed by atoms with Crippen molar-refractivity contribution in [1.82, 2.24) is 0 Å². The van der Waals surface area contributed by atoms with E-state index in [1.54, 1.807) is 6.07 Å². The first-order chi connectivity index (χ1) is 7.54. The van der Waals surface area contributed by atoms with Crippen LogP contribution in [0.4, 0.5) is 0 Å². The number of carboxylic acids is 1. The summed E-state index contributed by atoms with van der Waals surface area (Å²) in [6.45, 7) is -0.280. The van der Waals surface area contributed by atoms with Crippen LogP contribution < -0.4 is 0 Å². The molecule has 0 radical (unpaired) electrons. The van der Waals surface area contributed by atoms with Crippen molar-refractivity contribution < 1.29 is 20.1 Å². The number of aliphatic hydroxyl groups excluding tert-OH is 2. The molecule has 16 heavy (non-hydrogen) atoms. The van der Waals surface area contributed by atoms with E-state index in [1.807, 2.05) is 0 Å². The zero-order chi connectivity index (χ0) is 12.1. The molecule has 0 fully saturated rings. The minimum Gasteiger partial charge on any atom is -0.478 e. The number of rotatable bonds is 5. The van der Waals surface area contributed by atoms with Crippen LogP contribution in [0.25, 0.3) is 0 Å². The summed E-state index contributed by atoms with van der Waals surface area (Å²) in [6, 6.07) is 4.68. The zero-order valence-electron chi connectivity index (χ0n) is 8.26. The van der Waals surface area contributed by atoms with Crippen molar-refractivity contribution in [3.63, 3.8) is 0 Å². The van der Waals surface area contributed by atoms with Crippen molar-refractivity contribution in [1.29, 1.82) is 0 Å². The second-order valence-electron chi connectivity index (χ2n) is 3.10. The van der Waals surface area contributed by atoms with Crippen molar-refractivity contribution >= 4 is 33.7 Å². The van der Waals surface area contributed by atoms with E-state index >= 15 is 0 Å². The van der Waals surface area contributed by atoms with Gasteiger partial charge in [-0.15, -0.1) is 11.8 Å². The maximum absolute atomic E-state index is 10.7. The average Bonchev–Trinajstić information content (AvgIpc) is 2.26. The Kier molecular flexibility index (Phi) is 5.27. The van der Waals surface area contributed by atoms with Gasteiger partial charge < -0.3 is 15.3 Å². The van der Waals surface area contributed by atoms with E-state index < -0.39 is 12.1 Å². The number of carbonyl (C=O) groups is 1. The number of thioether (sulfide) groups is 1. The van der Waals surface area contributed by atoms with E-state index in [0.29, 0.717) is 10.2 Å². The molecule has 4 nitrogen and oxygen atoms in total. The zero-order valence-corrected chi connectivity index (χ0v) is 10.7. The monoisotopic (exact) mass is 306 g/mol. The molecule has 0 heterocycles. The molecule has 0 spiro atoms. The minimum absolute atomic E-state index is 0.207. The van der Waals surface area contributed by atoms with Gasteiger partial charge in [0.2, 0.25) is 0 Å². The van der Waals surface area contributed by atoms with Gasteiger partial charge in [-0.3, -0.25) is 0 Å². The summed E-state index contributed by atoms with van der Waals surface area (Å²) in [5.41, 5.74) is 0.207. The van der Waals surface area contributed by atoms with Crippen molar-refractivity contribution in [3.8, 4) is 0 Å². The lowest BCUT2D eigenvalue weighted by Gasteiger charge is -2.08. The van der Waals surface area contributed by atoms with Crippen LogP contribution in [0, 0.1) is 0 Å². The van der Waals surface area contributed by atoms with E-state index in [2.05, 4.69) is 15.9 Å². The largest absolute Gasteiger partial charge is 0.478 e. The van der Waals surface area contributed by atoms with Gasteiger partial charge in [-0.2, -0.15) is 0 Å². The van der Waals surface area contributed by atoms with E-state index in [1.165, 1.54) is 23.9 Å². The summed E-state index contributed by atoms with van der Waals surface area (Å²) in [5.74, 6) is -0.616. The molecule has 0 amide bonds. The molecule has 1 unspecified atom stereocenters. The third-order valence-electron chi connectivity index (χ3n) is 1.82. The third-order valence-corrected chi connectivity index (χ3v) is 3.96. The SMILES string of the molecule is O=C(O)c1ccc(SCC(O)CO)c(Br)c1. The number of hydrogen-bond acceptors (Lipinski definition) is 4. The molecule has 0 saturated carbocycles. The molecule has 0 bridgehead atoms. The Morgan fingerprint density at radius 2 is 2.19 bits per heavy atom. The number of benzene rings is 1. The standard InChI is InChI=1S/C10H11BrO4S/c11-8-3-6(10(14)15)1-2-9(8)16-5-7(13)4-12/h1-3,7,12-13H,4-5H2,(H,14,15). The predicted molar refractivity (Wildman–Crippen MR) is 64.9 cm³/mol. The van der Waals surface area contributed by atoms with E-state index in [0.717, 1.165) is 4.90 Å². The van der Waals surface area contributed by atoms with Gasteiger partial charge in [0.1, 0.15) is 0 Å². The van der Waals surface area contributed by atoms with Crippen LogP contribution in [0.2, 0.25) is 0 Å². The van der Waals surface area contributed by atoms with Crippen LogP contribution in [-0.4, -0.2) is 39.8 Å². The van der Waals surface area contributed by atoms with Gasteiger partial charge in [0, 0.05) is 15.1 Å². The lowest BCUT2D eigenvalue weighted by Crippen LogP contribution is -2.14. The van der Waals surface area contributed by atoms with Gasteiger partial charge in [-0.05, 0) is 34.1 Å². The first kappa shape index (κ1) is 13.5.